The number of benzene rings is 1. The number of nitrogens with one attached hydrogen (secondary N) is 2. The number of imidazole rings is 1. The van der Waals surface area contributed by atoms with Crippen LogP contribution < -0.4 is 11.2 Å². The van der Waals surface area contributed by atoms with Crippen LogP contribution in [0.25, 0.3) is 22.1 Å². The van der Waals surface area contributed by atoms with Gasteiger partial charge in [-0.2, -0.15) is 4.98 Å². The van der Waals surface area contributed by atoms with Crippen molar-refractivity contribution in [2.24, 2.45) is 17.3 Å². The van der Waals surface area contributed by atoms with Crippen LogP contribution in [0.15, 0.2) is 44.1 Å². The molecule has 3 aromatic heterocycles. The first kappa shape index (κ1) is 18.6. The Hall–Kier alpha value is -3.77. The second-order valence-electron chi connectivity index (χ2n) is 6.42. The van der Waals surface area contributed by atoms with Crippen molar-refractivity contribution in [3.05, 3.63) is 45.1 Å². The Morgan fingerprint density at radius 1 is 1.21 bits per heavy atom. The largest absolute Gasteiger partial charge is 0.493 e. The minimum Gasteiger partial charge on any atom is -0.493 e. The molecule has 12 heteroatoms. The van der Waals surface area contributed by atoms with Gasteiger partial charge in [-0.3, -0.25) is 18.9 Å². The maximum absolute atomic E-state index is 12.3. The lowest BCUT2D eigenvalue weighted by molar-refractivity contribution is 0.0824. The highest BCUT2D eigenvalue weighted by Crippen LogP contribution is 2.36. The van der Waals surface area contributed by atoms with Gasteiger partial charge in [0.05, 0.1) is 24.8 Å². The van der Waals surface area contributed by atoms with Crippen molar-refractivity contribution in [2.45, 2.75) is 12.6 Å². The predicted octanol–water partition coefficient (Wildman–Crippen LogP) is 0.379. The summed E-state index contributed by atoms with van der Waals surface area (Å²) >= 11 is 0. The Morgan fingerprint density at radius 3 is 2.72 bits per heavy atom. The van der Waals surface area contributed by atoms with Crippen molar-refractivity contribution in [1.29, 1.82) is 0 Å². The summed E-state index contributed by atoms with van der Waals surface area (Å²) in [7, 11) is 1.42. The molecule has 0 bridgehead atoms. The van der Waals surface area contributed by atoms with Crippen molar-refractivity contribution < 1.29 is 15.3 Å². The zero-order chi connectivity index (χ0) is 20.7. The van der Waals surface area contributed by atoms with E-state index in [-0.39, 0.29) is 35.2 Å². The van der Waals surface area contributed by atoms with E-state index in [2.05, 4.69) is 25.2 Å². The number of hydrogen-bond acceptors (Lipinski definition) is 8. The molecule has 150 valence electrons. The molecule has 5 N–H and O–H groups in total. The molecule has 12 nitrogen and oxygen atoms in total. The third-order valence-electron chi connectivity index (χ3n) is 4.49. The van der Waals surface area contributed by atoms with Crippen molar-refractivity contribution in [2.75, 3.05) is 6.61 Å². The molecule has 29 heavy (non-hydrogen) atoms. The Bertz CT molecular complexity index is 1360. The van der Waals surface area contributed by atoms with Crippen molar-refractivity contribution in [3.63, 3.8) is 0 Å². The van der Waals surface area contributed by atoms with Crippen LogP contribution in [0.3, 0.4) is 0 Å². The number of H-pyrrole nitrogens is 2. The average molecular weight is 399 g/mol. The Balaban J connectivity index is 1.91. The molecule has 0 fully saturated rings. The van der Waals surface area contributed by atoms with E-state index in [1.165, 1.54) is 11.6 Å². The summed E-state index contributed by atoms with van der Waals surface area (Å²) in [5.74, 6) is -0.276. The molecule has 4 aromatic rings. The van der Waals surface area contributed by atoms with Gasteiger partial charge in [0.2, 0.25) is 5.88 Å². The molecule has 0 saturated carbocycles. The first-order valence-corrected chi connectivity index (χ1v) is 8.60. The quantitative estimate of drug-likeness (QED) is 0.303. The summed E-state index contributed by atoms with van der Waals surface area (Å²) in [5.41, 5.74) is -0.505. The Morgan fingerprint density at radius 2 is 1.97 bits per heavy atom. The van der Waals surface area contributed by atoms with Crippen LogP contribution in [0, 0.1) is 0 Å². The van der Waals surface area contributed by atoms with E-state index in [0.717, 1.165) is 4.57 Å². The molecule has 1 aromatic carbocycles. The number of aliphatic hydroxyl groups is 2. The van der Waals surface area contributed by atoms with Gasteiger partial charge in [0.15, 0.2) is 16.9 Å². The third-order valence-corrected chi connectivity index (χ3v) is 4.49. The van der Waals surface area contributed by atoms with E-state index in [0.29, 0.717) is 10.9 Å². The molecule has 0 aliphatic rings. The minimum atomic E-state index is -1.19. The maximum Gasteiger partial charge on any atom is 0.329 e. The van der Waals surface area contributed by atoms with Gasteiger partial charge in [-0.1, -0.05) is 18.2 Å². The number of para-hydroxylation sites is 1. The molecule has 0 radical (unpaired) electrons. The number of hydrogen-bond donors (Lipinski definition) is 5. The molecule has 0 unspecified atom stereocenters. The number of nitrogens with zero attached hydrogens (tertiary/aromatic N) is 5. The fourth-order valence-electron chi connectivity index (χ4n) is 3.05. The zero-order valence-electron chi connectivity index (χ0n) is 15.2. The smallest absolute Gasteiger partial charge is 0.329 e. The van der Waals surface area contributed by atoms with Crippen LogP contribution in [0.4, 0.5) is 11.6 Å². The van der Waals surface area contributed by atoms with Crippen LogP contribution in [0.5, 0.6) is 5.88 Å². The van der Waals surface area contributed by atoms with Gasteiger partial charge in [-0.15, -0.1) is 10.2 Å². The second kappa shape index (κ2) is 7.00. The number of aromatic hydroxyl groups is 1. The van der Waals surface area contributed by atoms with Crippen LogP contribution in [-0.2, 0) is 13.6 Å². The molecule has 0 saturated heterocycles. The van der Waals surface area contributed by atoms with Crippen LogP contribution in [0.2, 0.25) is 0 Å². The molecular weight excluding hydrogens is 382 g/mol. The minimum absolute atomic E-state index is 0.00306. The van der Waals surface area contributed by atoms with Gasteiger partial charge >= 0.3 is 5.69 Å². The van der Waals surface area contributed by atoms with E-state index in [1.807, 2.05) is 0 Å². The third kappa shape index (κ3) is 3.09. The topological polar surface area (TPSA) is 174 Å². The number of aromatic amines is 2. The fraction of sp³-hybridized carbons (Fsp3) is 0.235. The highest BCUT2D eigenvalue weighted by atomic mass is 16.3. The van der Waals surface area contributed by atoms with Crippen molar-refractivity contribution in [3.8, 4) is 5.88 Å². The highest BCUT2D eigenvalue weighted by molar-refractivity contribution is 5.94. The number of azo groups is 1. The van der Waals surface area contributed by atoms with Crippen molar-refractivity contribution >= 4 is 33.7 Å². The zero-order valence-corrected chi connectivity index (χ0v) is 15.2. The fourth-order valence-corrected chi connectivity index (χ4v) is 3.05. The summed E-state index contributed by atoms with van der Waals surface area (Å²) in [6.07, 6.45) is -1.19. The lowest BCUT2D eigenvalue weighted by Crippen LogP contribution is -2.30. The predicted molar refractivity (Wildman–Crippen MR) is 103 cm³/mol. The SMILES string of the molecule is Cn1c(=O)[nH]c(=O)c2c1nc(N=Nc1c(O)[nH]c3ccccc13)n2C[C@H](O)CO. The molecule has 3 heterocycles. The van der Waals surface area contributed by atoms with Gasteiger partial charge in [0.1, 0.15) is 0 Å². The molecule has 0 amide bonds. The van der Waals surface area contributed by atoms with Crippen LogP contribution in [-0.4, -0.2) is 52.1 Å². The summed E-state index contributed by atoms with van der Waals surface area (Å²) in [4.78, 5) is 33.3. The van der Waals surface area contributed by atoms with E-state index in [4.69, 9.17) is 0 Å². The van der Waals surface area contributed by atoms with Gasteiger partial charge in [-0.25, -0.2) is 4.79 Å². The normalized spacial score (nSPS) is 13.1. The maximum atomic E-state index is 12.3. The Labute approximate surface area is 161 Å². The molecule has 0 spiro atoms. The highest BCUT2D eigenvalue weighted by Gasteiger charge is 2.20. The molecule has 4 rings (SSSR count). The van der Waals surface area contributed by atoms with Crippen LogP contribution >= 0.6 is 0 Å². The number of fused-ring (bicyclic) bond motifs is 2. The average Bonchev–Trinajstić information content (AvgIpc) is 3.21. The van der Waals surface area contributed by atoms with Gasteiger partial charge in [-0.05, 0) is 6.07 Å². The van der Waals surface area contributed by atoms with E-state index in [9.17, 15) is 24.9 Å². The van der Waals surface area contributed by atoms with Gasteiger partial charge in [0, 0.05) is 12.4 Å². The second-order valence-corrected chi connectivity index (χ2v) is 6.42. The van der Waals surface area contributed by atoms with E-state index < -0.39 is 24.0 Å². The number of aliphatic hydroxyl groups excluding tert-OH is 2. The number of rotatable bonds is 5. The van der Waals surface area contributed by atoms with E-state index >= 15 is 0 Å². The molecule has 0 aliphatic carbocycles. The lowest BCUT2D eigenvalue weighted by Gasteiger charge is -2.09. The summed E-state index contributed by atoms with van der Waals surface area (Å²) in [5, 5.41) is 37.9. The first-order chi connectivity index (χ1) is 13.9. The summed E-state index contributed by atoms with van der Waals surface area (Å²) in [6, 6.07) is 7.07. The number of aryl methyl sites for hydroxylation is 1. The van der Waals surface area contributed by atoms with Gasteiger partial charge < -0.3 is 20.3 Å². The monoisotopic (exact) mass is 399 g/mol. The first-order valence-electron chi connectivity index (χ1n) is 8.60. The lowest BCUT2D eigenvalue weighted by atomic mass is 10.2. The molecular formula is C17H17N7O5. The van der Waals surface area contributed by atoms with Crippen LogP contribution in [0.1, 0.15) is 0 Å². The molecule has 0 aliphatic heterocycles. The van der Waals surface area contributed by atoms with Gasteiger partial charge in [0.25, 0.3) is 11.5 Å². The standard InChI is InChI=1S/C17H17N7O5/c1-23-13-12(15(28)20-17(23)29)24(6-8(26)7-25)16(19-13)22-21-11-9-4-2-3-5-10(9)18-14(11)27/h2-5,8,18,25-27H,6-7H2,1H3,(H,20,28,29)/t8-/m0/s1. The molecule has 1 atom stereocenters. The summed E-state index contributed by atoms with van der Waals surface area (Å²) in [6.45, 7) is -0.758. The van der Waals surface area contributed by atoms with E-state index in [1.54, 1.807) is 24.3 Å². The number of aromatic nitrogens is 5. The van der Waals surface area contributed by atoms with Crippen molar-refractivity contribution in [1.82, 2.24) is 24.1 Å². The summed E-state index contributed by atoms with van der Waals surface area (Å²) < 4.78 is 2.38. The Kier molecular flexibility index (Phi) is 4.48.